The quantitative estimate of drug-likeness (QED) is 0.795. The van der Waals surface area contributed by atoms with Gasteiger partial charge in [0.2, 0.25) is 11.7 Å². The topological polar surface area (TPSA) is 76.7 Å². The molecule has 0 unspecified atom stereocenters. The highest BCUT2D eigenvalue weighted by molar-refractivity contribution is 6.30. The maximum absolute atomic E-state index is 5.90. The molecule has 100 valence electrons. The van der Waals surface area contributed by atoms with E-state index in [1.807, 2.05) is 24.3 Å². The molecule has 7 heteroatoms. The molecule has 0 aliphatic rings. The van der Waals surface area contributed by atoms with Crippen molar-refractivity contribution in [1.82, 2.24) is 20.1 Å². The molecule has 0 aliphatic carbocycles. The monoisotopic (exact) mass is 287 g/mol. The summed E-state index contributed by atoms with van der Waals surface area (Å²) in [7, 11) is 0. The van der Waals surface area contributed by atoms with E-state index in [2.05, 4.69) is 25.4 Å². The van der Waals surface area contributed by atoms with Gasteiger partial charge >= 0.3 is 0 Å². The van der Waals surface area contributed by atoms with E-state index in [1.165, 1.54) is 0 Å². The predicted octanol–water partition coefficient (Wildman–Crippen LogP) is 2.79. The number of hydrogen-bond acceptors (Lipinski definition) is 6. The van der Waals surface area contributed by atoms with Crippen LogP contribution >= 0.6 is 11.6 Å². The molecule has 0 radical (unpaired) electrons. The van der Waals surface area contributed by atoms with Crippen LogP contribution in [0.25, 0.3) is 11.5 Å². The molecule has 20 heavy (non-hydrogen) atoms. The van der Waals surface area contributed by atoms with Crippen LogP contribution in [0, 0.1) is 0 Å². The van der Waals surface area contributed by atoms with Gasteiger partial charge < -0.3 is 9.84 Å². The molecule has 0 saturated heterocycles. The van der Waals surface area contributed by atoms with Gasteiger partial charge in [-0.3, -0.25) is 4.98 Å². The minimum Gasteiger partial charge on any atom is -0.376 e. The fourth-order valence-corrected chi connectivity index (χ4v) is 1.81. The second-order valence-corrected chi connectivity index (χ2v) is 4.40. The van der Waals surface area contributed by atoms with Crippen LogP contribution in [0.1, 0.15) is 5.89 Å². The maximum Gasteiger partial charge on any atom is 0.246 e. The van der Waals surface area contributed by atoms with Gasteiger partial charge in [-0.2, -0.15) is 4.98 Å². The van der Waals surface area contributed by atoms with E-state index in [4.69, 9.17) is 16.1 Å². The average Bonchev–Trinajstić information content (AvgIpc) is 2.95. The molecular weight excluding hydrogens is 278 g/mol. The van der Waals surface area contributed by atoms with E-state index in [-0.39, 0.29) is 0 Å². The van der Waals surface area contributed by atoms with Crippen molar-refractivity contribution in [3.8, 4) is 11.5 Å². The van der Waals surface area contributed by atoms with Gasteiger partial charge in [0.1, 0.15) is 5.69 Å². The minimum atomic E-state index is 0.410. The Bertz CT molecular complexity index is 701. The molecule has 3 aromatic rings. The van der Waals surface area contributed by atoms with Crippen molar-refractivity contribution in [3.05, 3.63) is 53.8 Å². The van der Waals surface area contributed by atoms with Gasteiger partial charge in [0.25, 0.3) is 0 Å². The Hall–Kier alpha value is -2.47. The second-order valence-electron chi connectivity index (χ2n) is 3.97. The van der Waals surface area contributed by atoms with Crippen LogP contribution in [0.4, 0.5) is 5.69 Å². The molecule has 6 nitrogen and oxygen atoms in total. The Labute approximate surface area is 119 Å². The molecule has 0 fully saturated rings. The van der Waals surface area contributed by atoms with Gasteiger partial charge in [0.05, 0.1) is 12.7 Å². The van der Waals surface area contributed by atoms with Crippen molar-refractivity contribution in [3.63, 3.8) is 0 Å². The smallest absolute Gasteiger partial charge is 0.246 e. The maximum atomic E-state index is 5.90. The largest absolute Gasteiger partial charge is 0.376 e. The highest BCUT2D eigenvalue weighted by atomic mass is 35.5. The normalized spacial score (nSPS) is 10.4. The number of aromatic nitrogens is 4. The van der Waals surface area contributed by atoms with E-state index in [0.717, 1.165) is 5.69 Å². The van der Waals surface area contributed by atoms with Gasteiger partial charge in [0.15, 0.2) is 0 Å². The SMILES string of the molecule is Clc1cccc(NCc2nc(-c3cnccn3)no2)c1. The summed E-state index contributed by atoms with van der Waals surface area (Å²) >= 11 is 5.90. The summed E-state index contributed by atoms with van der Waals surface area (Å²) < 4.78 is 5.15. The highest BCUT2D eigenvalue weighted by Gasteiger charge is 2.09. The summed E-state index contributed by atoms with van der Waals surface area (Å²) in [6, 6.07) is 7.41. The van der Waals surface area contributed by atoms with E-state index in [0.29, 0.717) is 29.0 Å². The summed E-state index contributed by atoms with van der Waals surface area (Å²) in [5, 5.41) is 7.68. The van der Waals surface area contributed by atoms with Crippen LogP contribution in [-0.2, 0) is 6.54 Å². The standard InChI is InChI=1S/C13H10ClN5O/c14-9-2-1-3-10(6-9)17-8-12-18-13(19-20-12)11-7-15-4-5-16-11/h1-7,17H,8H2. The number of rotatable bonds is 4. The molecule has 0 atom stereocenters. The third kappa shape index (κ3) is 2.92. The van der Waals surface area contributed by atoms with Crippen molar-refractivity contribution >= 4 is 17.3 Å². The zero-order valence-electron chi connectivity index (χ0n) is 10.3. The fourth-order valence-electron chi connectivity index (χ4n) is 1.62. The lowest BCUT2D eigenvalue weighted by Gasteiger charge is -2.02. The molecule has 2 heterocycles. The number of nitrogens with one attached hydrogen (secondary N) is 1. The molecule has 0 saturated carbocycles. The zero-order chi connectivity index (χ0) is 13.8. The summed E-state index contributed by atoms with van der Waals surface area (Å²) in [5.41, 5.74) is 1.46. The third-order valence-electron chi connectivity index (χ3n) is 2.53. The minimum absolute atomic E-state index is 0.410. The highest BCUT2D eigenvalue weighted by Crippen LogP contribution is 2.16. The number of benzene rings is 1. The van der Waals surface area contributed by atoms with Crippen molar-refractivity contribution in [2.24, 2.45) is 0 Å². The number of nitrogens with zero attached hydrogens (tertiary/aromatic N) is 4. The first-order valence-electron chi connectivity index (χ1n) is 5.90. The Morgan fingerprint density at radius 2 is 2.20 bits per heavy atom. The molecule has 0 amide bonds. The van der Waals surface area contributed by atoms with Crippen molar-refractivity contribution in [1.29, 1.82) is 0 Å². The van der Waals surface area contributed by atoms with E-state index in [9.17, 15) is 0 Å². The summed E-state index contributed by atoms with van der Waals surface area (Å²) in [6.07, 6.45) is 4.75. The Morgan fingerprint density at radius 1 is 1.25 bits per heavy atom. The van der Waals surface area contributed by atoms with Crippen LogP contribution in [0.2, 0.25) is 5.02 Å². The second kappa shape index (κ2) is 5.66. The van der Waals surface area contributed by atoms with Gasteiger partial charge in [-0.05, 0) is 18.2 Å². The van der Waals surface area contributed by atoms with Gasteiger partial charge in [0, 0.05) is 23.1 Å². The van der Waals surface area contributed by atoms with E-state index >= 15 is 0 Å². The first-order chi connectivity index (χ1) is 9.81. The Morgan fingerprint density at radius 3 is 3.00 bits per heavy atom. The van der Waals surface area contributed by atoms with Gasteiger partial charge in [-0.15, -0.1) is 0 Å². The molecule has 0 bridgehead atoms. The summed E-state index contributed by atoms with van der Waals surface area (Å²) in [4.78, 5) is 12.3. The summed E-state index contributed by atoms with van der Waals surface area (Å²) in [5.74, 6) is 0.881. The fraction of sp³-hybridized carbons (Fsp3) is 0.0769. The van der Waals surface area contributed by atoms with Crippen LogP contribution in [0.5, 0.6) is 0 Å². The first-order valence-corrected chi connectivity index (χ1v) is 6.27. The molecule has 1 N–H and O–H groups in total. The number of halogens is 1. The average molecular weight is 288 g/mol. The molecule has 0 aliphatic heterocycles. The van der Waals surface area contributed by atoms with Crippen molar-refractivity contribution in [2.75, 3.05) is 5.32 Å². The van der Waals surface area contributed by atoms with Crippen LogP contribution in [0.15, 0.2) is 47.4 Å². The molecule has 3 rings (SSSR count). The lowest BCUT2D eigenvalue weighted by Crippen LogP contribution is -1.99. The first kappa shape index (κ1) is 12.6. The van der Waals surface area contributed by atoms with E-state index in [1.54, 1.807) is 18.6 Å². The Kier molecular flexibility index (Phi) is 3.56. The Balaban J connectivity index is 1.69. The molecule has 2 aromatic heterocycles. The van der Waals surface area contributed by atoms with Crippen molar-refractivity contribution < 1.29 is 4.52 Å². The van der Waals surface area contributed by atoms with Crippen LogP contribution in [-0.4, -0.2) is 20.1 Å². The van der Waals surface area contributed by atoms with Gasteiger partial charge in [-0.25, -0.2) is 4.98 Å². The molecule has 1 aromatic carbocycles. The zero-order valence-corrected chi connectivity index (χ0v) is 11.1. The third-order valence-corrected chi connectivity index (χ3v) is 2.76. The number of hydrogen-bond donors (Lipinski definition) is 1. The van der Waals surface area contributed by atoms with Crippen molar-refractivity contribution in [2.45, 2.75) is 6.54 Å². The summed E-state index contributed by atoms with van der Waals surface area (Å²) in [6.45, 7) is 0.410. The lowest BCUT2D eigenvalue weighted by atomic mass is 10.3. The lowest BCUT2D eigenvalue weighted by molar-refractivity contribution is 0.384. The number of anilines is 1. The molecule has 0 spiro atoms. The van der Waals surface area contributed by atoms with Gasteiger partial charge in [-0.1, -0.05) is 22.8 Å². The van der Waals surface area contributed by atoms with Crippen LogP contribution < -0.4 is 5.32 Å². The molecular formula is C13H10ClN5O. The van der Waals surface area contributed by atoms with E-state index < -0.39 is 0 Å². The predicted molar refractivity (Wildman–Crippen MR) is 74.1 cm³/mol. The van der Waals surface area contributed by atoms with Crippen LogP contribution in [0.3, 0.4) is 0 Å².